The van der Waals surface area contributed by atoms with Crippen LogP contribution in [-0.2, 0) is 11.3 Å². The zero-order chi connectivity index (χ0) is 14.9. The summed E-state index contributed by atoms with van der Waals surface area (Å²) in [7, 11) is 3.22. The van der Waals surface area contributed by atoms with Gasteiger partial charge in [-0.2, -0.15) is 0 Å². The van der Waals surface area contributed by atoms with Crippen molar-refractivity contribution >= 4 is 21.8 Å². The molecule has 1 aromatic carbocycles. The largest absolute Gasteiger partial charge is 0.496 e. The van der Waals surface area contributed by atoms with Gasteiger partial charge in [0.1, 0.15) is 11.7 Å². The Morgan fingerprint density at radius 2 is 2.30 bits per heavy atom. The molecule has 1 amide bonds. The Kier molecular flexibility index (Phi) is 4.27. The van der Waals surface area contributed by atoms with Crippen LogP contribution in [0.4, 0.5) is 0 Å². The van der Waals surface area contributed by atoms with E-state index >= 15 is 0 Å². The highest BCUT2D eigenvalue weighted by Gasteiger charge is 2.54. The standard InChI is InChI=1S/C13H15BrN2O4/c1-15(13(17)10-6-11(10)16(18)19)7-8-5-9(14)3-4-12(8)20-2/h3-5,10-11H,6-7H2,1-2H3/t10-,11-/m1/s1. The predicted octanol–water partition coefficient (Wildman–Crippen LogP) is 2.08. The average molecular weight is 343 g/mol. The second-order valence-corrected chi connectivity index (χ2v) is 5.76. The Morgan fingerprint density at radius 3 is 2.85 bits per heavy atom. The Balaban J connectivity index is 2.05. The Hall–Kier alpha value is -1.63. The first-order valence-electron chi connectivity index (χ1n) is 6.15. The minimum atomic E-state index is -0.714. The van der Waals surface area contributed by atoms with Crippen LogP contribution in [0.3, 0.4) is 0 Å². The molecule has 0 N–H and O–H groups in total. The number of methoxy groups -OCH3 is 1. The fourth-order valence-electron chi connectivity index (χ4n) is 2.17. The number of carbonyl (C=O) groups is 1. The highest BCUT2D eigenvalue weighted by molar-refractivity contribution is 9.10. The molecule has 0 heterocycles. The molecule has 0 aromatic heterocycles. The number of rotatable bonds is 5. The van der Waals surface area contributed by atoms with E-state index in [1.807, 2.05) is 18.2 Å². The number of hydrogen-bond acceptors (Lipinski definition) is 4. The van der Waals surface area contributed by atoms with Crippen LogP contribution < -0.4 is 4.74 Å². The molecule has 1 aliphatic rings. The summed E-state index contributed by atoms with van der Waals surface area (Å²) in [5.74, 6) is 0.0244. The van der Waals surface area contributed by atoms with E-state index in [0.717, 1.165) is 10.0 Å². The number of nitro groups is 1. The van der Waals surface area contributed by atoms with Crippen molar-refractivity contribution < 1.29 is 14.5 Å². The summed E-state index contributed by atoms with van der Waals surface area (Å²) in [5.41, 5.74) is 0.857. The molecule has 0 aliphatic heterocycles. The lowest BCUT2D eigenvalue weighted by atomic mass is 10.2. The number of ether oxygens (including phenoxy) is 1. The minimum absolute atomic E-state index is 0.186. The first kappa shape index (κ1) is 14.8. The average Bonchev–Trinajstić information content (AvgIpc) is 3.18. The van der Waals surface area contributed by atoms with Gasteiger partial charge >= 0.3 is 0 Å². The topological polar surface area (TPSA) is 72.7 Å². The lowest BCUT2D eigenvalue weighted by Gasteiger charge is -2.18. The van der Waals surface area contributed by atoms with E-state index < -0.39 is 12.0 Å². The van der Waals surface area contributed by atoms with Crippen LogP contribution in [0.1, 0.15) is 12.0 Å². The second-order valence-electron chi connectivity index (χ2n) is 4.85. The Morgan fingerprint density at radius 1 is 1.60 bits per heavy atom. The predicted molar refractivity (Wildman–Crippen MR) is 76.1 cm³/mol. The highest BCUT2D eigenvalue weighted by Crippen LogP contribution is 2.35. The second kappa shape index (κ2) is 5.78. The van der Waals surface area contributed by atoms with Gasteiger partial charge in [-0.25, -0.2) is 0 Å². The van der Waals surface area contributed by atoms with E-state index in [0.29, 0.717) is 18.7 Å². The maximum Gasteiger partial charge on any atom is 0.232 e. The molecule has 108 valence electrons. The Bertz CT molecular complexity index is 549. The molecule has 1 aromatic rings. The Labute approximate surface area is 125 Å². The van der Waals surface area contributed by atoms with Gasteiger partial charge in [0.05, 0.1) is 7.11 Å². The minimum Gasteiger partial charge on any atom is -0.496 e. The van der Waals surface area contributed by atoms with Gasteiger partial charge in [-0.1, -0.05) is 15.9 Å². The van der Waals surface area contributed by atoms with Crippen molar-refractivity contribution in [1.29, 1.82) is 0 Å². The first-order chi connectivity index (χ1) is 9.43. The van der Waals surface area contributed by atoms with Crippen molar-refractivity contribution in [2.45, 2.75) is 19.0 Å². The molecule has 2 rings (SSSR count). The SMILES string of the molecule is COc1ccc(Br)cc1CN(C)C(=O)[C@@H]1C[C@H]1[N+](=O)[O-]. The zero-order valence-corrected chi connectivity index (χ0v) is 12.8. The van der Waals surface area contributed by atoms with E-state index in [1.165, 1.54) is 4.90 Å². The molecule has 1 saturated carbocycles. The number of benzene rings is 1. The molecular formula is C13H15BrN2O4. The quantitative estimate of drug-likeness (QED) is 0.606. The molecule has 0 bridgehead atoms. The maximum atomic E-state index is 12.1. The van der Waals surface area contributed by atoms with Gasteiger partial charge in [-0.3, -0.25) is 14.9 Å². The van der Waals surface area contributed by atoms with Crippen LogP contribution in [0, 0.1) is 16.0 Å². The lowest BCUT2D eigenvalue weighted by Crippen LogP contribution is -2.29. The smallest absolute Gasteiger partial charge is 0.232 e. The molecule has 2 atom stereocenters. The summed E-state index contributed by atoms with van der Waals surface area (Å²) >= 11 is 3.37. The molecular weight excluding hydrogens is 328 g/mol. The van der Waals surface area contributed by atoms with Crippen molar-refractivity contribution in [1.82, 2.24) is 4.90 Å². The summed E-state index contributed by atoms with van der Waals surface area (Å²) in [5, 5.41) is 10.6. The summed E-state index contributed by atoms with van der Waals surface area (Å²) < 4.78 is 6.14. The fraction of sp³-hybridized carbons (Fsp3) is 0.462. The van der Waals surface area contributed by atoms with Gasteiger partial charge in [-0.05, 0) is 18.2 Å². The number of halogens is 1. The molecule has 6 nitrogen and oxygen atoms in total. The summed E-state index contributed by atoms with van der Waals surface area (Å²) in [6, 6.07) is 4.83. The van der Waals surface area contributed by atoms with Crippen molar-refractivity contribution in [2.75, 3.05) is 14.2 Å². The van der Waals surface area contributed by atoms with Crippen molar-refractivity contribution in [3.8, 4) is 5.75 Å². The van der Waals surface area contributed by atoms with Gasteiger partial charge < -0.3 is 9.64 Å². The molecule has 0 unspecified atom stereocenters. The molecule has 0 spiro atoms. The van der Waals surface area contributed by atoms with Crippen molar-refractivity contribution in [2.24, 2.45) is 5.92 Å². The van der Waals surface area contributed by atoms with Crippen LogP contribution in [0.2, 0.25) is 0 Å². The zero-order valence-electron chi connectivity index (χ0n) is 11.2. The van der Waals surface area contributed by atoms with Gasteiger partial charge in [0, 0.05) is 35.0 Å². The molecule has 0 saturated heterocycles. The van der Waals surface area contributed by atoms with Gasteiger partial charge in [0.2, 0.25) is 11.9 Å². The van der Waals surface area contributed by atoms with E-state index in [-0.39, 0.29) is 10.8 Å². The molecule has 7 heteroatoms. The van der Waals surface area contributed by atoms with Crippen LogP contribution >= 0.6 is 15.9 Å². The van der Waals surface area contributed by atoms with Gasteiger partial charge in [0.15, 0.2) is 0 Å². The molecule has 1 fully saturated rings. The summed E-state index contributed by atoms with van der Waals surface area (Å²) in [6.45, 7) is 0.363. The van der Waals surface area contributed by atoms with E-state index in [2.05, 4.69) is 15.9 Å². The molecule has 20 heavy (non-hydrogen) atoms. The van der Waals surface area contributed by atoms with Crippen LogP contribution in [0.5, 0.6) is 5.75 Å². The maximum absolute atomic E-state index is 12.1. The van der Waals surface area contributed by atoms with E-state index in [4.69, 9.17) is 4.74 Å². The van der Waals surface area contributed by atoms with Crippen LogP contribution in [-0.4, -0.2) is 35.9 Å². The fourth-order valence-corrected chi connectivity index (χ4v) is 2.58. The van der Waals surface area contributed by atoms with Crippen LogP contribution in [0.15, 0.2) is 22.7 Å². The number of carbonyl (C=O) groups excluding carboxylic acids is 1. The summed E-state index contributed by atoms with van der Waals surface area (Å²) in [6.07, 6.45) is 0.339. The monoisotopic (exact) mass is 342 g/mol. The van der Waals surface area contributed by atoms with Gasteiger partial charge in [-0.15, -0.1) is 0 Å². The number of nitrogens with zero attached hydrogens (tertiary/aromatic N) is 2. The normalized spacial score (nSPS) is 20.4. The van der Waals surface area contributed by atoms with Crippen molar-refractivity contribution in [3.63, 3.8) is 0 Å². The number of amides is 1. The van der Waals surface area contributed by atoms with Crippen LogP contribution in [0.25, 0.3) is 0 Å². The van der Waals surface area contributed by atoms with Crippen molar-refractivity contribution in [3.05, 3.63) is 38.3 Å². The third-order valence-electron chi connectivity index (χ3n) is 3.37. The van der Waals surface area contributed by atoms with E-state index in [9.17, 15) is 14.9 Å². The molecule has 1 aliphatic carbocycles. The number of hydrogen-bond donors (Lipinski definition) is 0. The third-order valence-corrected chi connectivity index (χ3v) is 3.86. The highest BCUT2D eigenvalue weighted by atomic mass is 79.9. The van der Waals surface area contributed by atoms with E-state index in [1.54, 1.807) is 14.2 Å². The summed E-state index contributed by atoms with van der Waals surface area (Å²) in [4.78, 5) is 23.8. The third kappa shape index (κ3) is 3.09. The lowest BCUT2D eigenvalue weighted by molar-refractivity contribution is -0.497. The molecule has 0 radical (unpaired) electrons. The van der Waals surface area contributed by atoms with Gasteiger partial charge in [0.25, 0.3) is 0 Å². The first-order valence-corrected chi connectivity index (χ1v) is 6.94.